The fraction of sp³-hybridized carbons (Fsp3) is 0.471. The lowest BCUT2D eigenvalue weighted by molar-refractivity contribution is -0.114. The lowest BCUT2D eigenvalue weighted by Gasteiger charge is -2.45. The molecule has 1 aromatic carbocycles. The molecule has 0 saturated carbocycles. The third-order valence-corrected chi connectivity index (χ3v) is 4.79. The first kappa shape index (κ1) is 16.9. The molecule has 2 bridgehead atoms. The first-order valence-electron chi connectivity index (χ1n) is 8.30. The van der Waals surface area contributed by atoms with Crippen LogP contribution in [-0.2, 0) is 4.79 Å². The summed E-state index contributed by atoms with van der Waals surface area (Å²) in [6.07, 6.45) is 4.22. The number of benzene rings is 1. The van der Waals surface area contributed by atoms with Crippen molar-refractivity contribution in [1.82, 2.24) is 15.6 Å². The number of hydrogen-bond acceptors (Lipinski definition) is 4. The number of amides is 1. The van der Waals surface area contributed by atoms with Crippen LogP contribution >= 0.6 is 12.2 Å². The van der Waals surface area contributed by atoms with E-state index in [0.717, 1.165) is 23.7 Å². The van der Waals surface area contributed by atoms with Gasteiger partial charge in [0.05, 0.1) is 6.21 Å². The predicted molar refractivity (Wildman–Crippen MR) is 100 cm³/mol. The molecule has 0 spiro atoms. The van der Waals surface area contributed by atoms with E-state index in [1.807, 2.05) is 24.3 Å². The number of piperidine rings is 3. The minimum Gasteiger partial charge on any atom is -0.357 e. The number of thiocarbonyl (C=S) groups is 1. The fourth-order valence-electron chi connectivity index (χ4n) is 3.35. The maximum atomic E-state index is 11.0. The van der Waals surface area contributed by atoms with Crippen molar-refractivity contribution in [2.75, 3.05) is 25.0 Å². The molecule has 24 heavy (non-hydrogen) atoms. The number of carbonyl (C=O) groups excluding carboxylic acids is 1. The number of hydrazone groups is 1. The van der Waals surface area contributed by atoms with Crippen molar-refractivity contribution in [2.45, 2.75) is 25.8 Å². The van der Waals surface area contributed by atoms with Crippen molar-refractivity contribution in [2.24, 2.45) is 11.0 Å². The number of carbonyl (C=O) groups is 1. The average Bonchev–Trinajstić information content (AvgIpc) is 2.57. The second-order valence-electron chi connectivity index (χ2n) is 6.39. The van der Waals surface area contributed by atoms with E-state index in [2.05, 4.69) is 26.1 Å². The van der Waals surface area contributed by atoms with E-state index < -0.39 is 0 Å². The van der Waals surface area contributed by atoms with E-state index in [0.29, 0.717) is 11.2 Å². The van der Waals surface area contributed by atoms with E-state index in [-0.39, 0.29) is 5.91 Å². The molecule has 4 rings (SSSR count). The van der Waals surface area contributed by atoms with Crippen molar-refractivity contribution in [1.29, 1.82) is 0 Å². The summed E-state index contributed by atoms with van der Waals surface area (Å²) in [5.41, 5.74) is 4.59. The van der Waals surface area contributed by atoms with Crippen LogP contribution in [0.1, 0.15) is 25.3 Å². The molecule has 0 radical (unpaired) electrons. The molecule has 3 heterocycles. The number of nitrogens with one attached hydrogen (secondary N) is 3. The third kappa shape index (κ3) is 4.52. The van der Waals surface area contributed by atoms with Crippen LogP contribution in [0.15, 0.2) is 29.4 Å². The number of rotatable bonds is 4. The van der Waals surface area contributed by atoms with Gasteiger partial charge in [0.1, 0.15) is 0 Å². The lowest BCUT2D eigenvalue weighted by Crippen LogP contribution is -2.58. The van der Waals surface area contributed by atoms with Crippen LogP contribution in [0.2, 0.25) is 0 Å². The second kappa shape index (κ2) is 7.72. The predicted octanol–water partition coefficient (Wildman–Crippen LogP) is 1.54. The molecule has 3 aliphatic heterocycles. The van der Waals surface area contributed by atoms with Gasteiger partial charge in [-0.05, 0) is 61.8 Å². The average molecular weight is 345 g/mol. The van der Waals surface area contributed by atoms with Gasteiger partial charge in [-0.15, -0.1) is 0 Å². The van der Waals surface area contributed by atoms with Gasteiger partial charge in [0.2, 0.25) is 5.91 Å². The zero-order chi connectivity index (χ0) is 16.9. The first-order chi connectivity index (χ1) is 11.6. The smallest absolute Gasteiger partial charge is 0.221 e. The Labute approximate surface area is 147 Å². The molecular formula is C17H23N5OS. The summed E-state index contributed by atoms with van der Waals surface area (Å²) in [4.78, 5) is 13.5. The van der Waals surface area contributed by atoms with E-state index in [9.17, 15) is 4.79 Å². The summed E-state index contributed by atoms with van der Waals surface area (Å²) in [7, 11) is 0. The Kier molecular flexibility index (Phi) is 5.42. The van der Waals surface area contributed by atoms with Crippen LogP contribution in [0.25, 0.3) is 0 Å². The molecule has 3 aliphatic rings. The number of nitrogens with zero attached hydrogens (tertiary/aromatic N) is 2. The van der Waals surface area contributed by atoms with Crippen molar-refractivity contribution < 1.29 is 4.79 Å². The van der Waals surface area contributed by atoms with Gasteiger partial charge in [-0.25, -0.2) is 0 Å². The van der Waals surface area contributed by atoms with Crippen molar-refractivity contribution in [3.63, 3.8) is 0 Å². The normalized spacial score (nSPS) is 25.5. The lowest BCUT2D eigenvalue weighted by atomic mass is 9.84. The number of fused-ring (bicyclic) bond motifs is 3. The third-order valence-electron chi connectivity index (χ3n) is 4.58. The molecule has 3 saturated heterocycles. The van der Waals surface area contributed by atoms with Gasteiger partial charge in [0.25, 0.3) is 0 Å². The standard InChI is InChI=1S/C17H23N5OS/c1-12(23)19-15-4-2-13(3-5-15)10-18-21-17(24)20-16-11-22-8-6-14(16)7-9-22/h2-5,10,14,16H,6-9,11H2,1H3,(H,19,23)(H2,20,21,24)/b18-10+/t16-/m1/s1. The molecule has 3 fully saturated rings. The summed E-state index contributed by atoms with van der Waals surface area (Å²) in [5.74, 6) is 0.641. The second-order valence-corrected chi connectivity index (χ2v) is 6.80. The summed E-state index contributed by atoms with van der Waals surface area (Å²) in [6.45, 7) is 4.99. The van der Waals surface area contributed by atoms with E-state index in [1.54, 1.807) is 6.21 Å². The Morgan fingerprint density at radius 3 is 2.58 bits per heavy atom. The SMILES string of the molecule is CC(=O)Nc1ccc(/C=N/NC(=S)N[C@@H]2CN3CCC2CC3)cc1. The molecule has 128 valence electrons. The Balaban J connectivity index is 1.45. The van der Waals surface area contributed by atoms with Crippen LogP contribution in [0.4, 0.5) is 5.69 Å². The zero-order valence-corrected chi connectivity index (χ0v) is 14.6. The van der Waals surface area contributed by atoms with Crippen molar-refractivity contribution in [3.05, 3.63) is 29.8 Å². The van der Waals surface area contributed by atoms with Crippen LogP contribution in [0.3, 0.4) is 0 Å². The Bertz CT molecular complexity index is 622. The number of anilines is 1. The maximum Gasteiger partial charge on any atom is 0.221 e. The van der Waals surface area contributed by atoms with E-state index >= 15 is 0 Å². The minimum absolute atomic E-state index is 0.0813. The van der Waals surface area contributed by atoms with Gasteiger partial charge in [-0.3, -0.25) is 10.2 Å². The summed E-state index contributed by atoms with van der Waals surface area (Å²) >= 11 is 5.33. The van der Waals surface area contributed by atoms with Gasteiger partial charge >= 0.3 is 0 Å². The van der Waals surface area contributed by atoms with Crippen LogP contribution in [0, 0.1) is 5.92 Å². The molecule has 1 amide bonds. The van der Waals surface area contributed by atoms with Gasteiger partial charge in [-0.1, -0.05) is 12.1 Å². The summed E-state index contributed by atoms with van der Waals surface area (Å²) in [6, 6.07) is 7.89. The molecule has 0 unspecified atom stereocenters. The Morgan fingerprint density at radius 2 is 2.00 bits per heavy atom. The molecule has 0 aliphatic carbocycles. The molecular weight excluding hydrogens is 322 g/mol. The van der Waals surface area contributed by atoms with Crippen molar-refractivity contribution in [3.8, 4) is 0 Å². The molecule has 1 aromatic rings. The van der Waals surface area contributed by atoms with E-state index in [4.69, 9.17) is 12.2 Å². The van der Waals surface area contributed by atoms with Gasteiger partial charge in [-0.2, -0.15) is 5.10 Å². The van der Waals surface area contributed by atoms with Crippen LogP contribution < -0.4 is 16.1 Å². The summed E-state index contributed by atoms with van der Waals surface area (Å²) < 4.78 is 0. The largest absolute Gasteiger partial charge is 0.357 e. The van der Waals surface area contributed by atoms with E-state index in [1.165, 1.54) is 32.9 Å². The highest BCUT2D eigenvalue weighted by Gasteiger charge is 2.34. The molecule has 7 heteroatoms. The highest BCUT2D eigenvalue weighted by atomic mass is 32.1. The highest BCUT2D eigenvalue weighted by molar-refractivity contribution is 7.80. The Morgan fingerprint density at radius 1 is 1.29 bits per heavy atom. The topological polar surface area (TPSA) is 68.8 Å². The number of hydrogen-bond donors (Lipinski definition) is 3. The van der Waals surface area contributed by atoms with Gasteiger partial charge in [0.15, 0.2) is 5.11 Å². The fourth-order valence-corrected chi connectivity index (χ4v) is 3.55. The maximum absolute atomic E-state index is 11.0. The summed E-state index contributed by atoms with van der Waals surface area (Å²) in [5, 5.41) is 10.9. The van der Waals surface area contributed by atoms with Crippen LogP contribution in [0.5, 0.6) is 0 Å². The monoisotopic (exact) mass is 345 g/mol. The molecule has 6 nitrogen and oxygen atoms in total. The zero-order valence-electron chi connectivity index (χ0n) is 13.8. The van der Waals surface area contributed by atoms with Gasteiger partial charge in [0, 0.05) is 25.2 Å². The molecule has 1 atom stereocenters. The highest BCUT2D eigenvalue weighted by Crippen LogP contribution is 2.27. The molecule has 0 aromatic heterocycles. The first-order valence-corrected chi connectivity index (χ1v) is 8.70. The van der Waals surface area contributed by atoms with Gasteiger partial charge < -0.3 is 15.5 Å². The van der Waals surface area contributed by atoms with Crippen molar-refractivity contribution >= 4 is 35.1 Å². The molecule has 3 N–H and O–H groups in total. The minimum atomic E-state index is -0.0813. The Hall–Kier alpha value is -1.99. The van der Waals surface area contributed by atoms with Crippen LogP contribution in [-0.4, -0.2) is 47.8 Å². The quantitative estimate of drug-likeness (QED) is 0.439.